The Kier molecular flexibility index (Phi) is 3.28. The van der Waals surface area contributed by atoms with Gasteiger partial charge < -0.3 is 5.11 Å². The highest BCUT2D eigenvalue weighted by Crippen LogP contribution is 2.31. The number of alkyl halides is 1. The van der Waals surface area contributed by atoms with Gasteiger partial charge in [0, 0.05) is 0 Å². The second-order valence-electron chi connectivity index (χ2n) is 3.71. The molecule has 92 valence electrons. The molecule has 0 spiro atoms. The number of carbonyl (C=O) groups is 1. The maximum Gasteiger partial charge on any atom is 0.311 e. The minimum absolute atomic E-state index is 0.326. The van der Waals surface area contributed by atoms with Gasteiger partial charge in [0.05, 0.1) is 6.04 Å². The largest absolute Gasteiger partial charge is 0.481 e. The summed E-state index contributed by atoms with van der Waals surface area (Å²) in [5.41, 5.74) is 4.71. The summed E-state index contributed by atoms with van der Waals surface area (Å²) in [6.07, 6.45) is 0. The van der Waals surface area contributed by atoms with Gasteiger partial charge in [-0.15, -0.1) is 11.6 Å². The number of carboxylic acids is 1. The van der Waals surface area contributed by atoms with Gasteiger partial charge in [-0.25, -0.2) is 19.6 Å². The second kappa shape index (κ2) is 4.56. The number of rotatable bonds is 2. The van der Waals surface area contributed by atoms with Crippen molar-refractivity contribution in [3.05, 3.63) is 35.4 Å². The third-order valence-corrected chi connectivity index (χ3v) is 3.02. The Morgan fingerprint density at radius 2 is 2.00 bits per heavy atom. The summed E-state index contributed by atoms with van der Waals surface area (Å²) in [5, 5.41) is 9.01. The SMILES string of the molecule is O=C(O)C1C(Cl)NNC1c1ccc(F)c(F)c1. The van der Waals surface area contributed by atoms with Gasteiger partial charge >= 0.3 is 5.97 Å². The molecular formula is C10H9ClF2N2O2. The molecule has 17 heavy (non-hydrogen) atoms. The van der Waals surface area contributed by atoms with Gasteiger partial charge in [0.1, 0.15) is 11.4 Å². The van der Waals surface area contributed by atoms with Gasteiger partial charge in [0.25, 0.3) is 0 Å². The predicted molar refractivity (Wildman–Crippen MR) is 56.1 cm³/mol. The van der Waals surface area contributed by atoms with Crippen LogP contribution in [-0.4, -0.2) is 16.6 Å². The normalized spacial score (nSPS) is 28.3. The van der Waals surface area contributed by atoms with E-state index in [1.807, 2.05) is 0 Å². The van der Waals surface area contributed by atoms with Crippen molar-refractivity contribution in [2.24, 2.45) is 5.92 Å². The van der Waals surface area contributed by atoms with Crippen LogP contribution >= 0.6 is 11.6 Å². The first-order valence-corrected chi connectivity index (χ1v) is 5.27. The highest BCUT2D eigenvalue weighted by Gasteiger charge is 2.41. The van der Waals surface area contributed by atoms with Crippen molar-refractivity contribution >= 4 is 17.6 Å². The molecule has 0 saturated carbocycles. The zero-order valence-electron chi connectivity index (χ0n) is 8.45. The summed E-state index contributed by atoms with van der Waals surface area (Å²) in [4.78, 5) is 11.0. The third-order valence-electron chi connectivity index (χ3n) is 2.64. The standard InChI is InChI=1S/C10H9ClF2N2O2/c11-9-7(10(16)17)8(14-15-9)4-1-2-5(12)6(13)3-4/h1-3,7-9,14-15H,(H,16,17). The minimum atomic E-state index is -1.11. The number of benzene rings is 1. The molecule has 1 heterocycles. The zero-order valence-corrected chi connectivity index (χ0v) is 9.21. The molecule has 1 saturated heterocycles. The quantitative estimate of drug-likeness (QED) is 0.557. The molecule has 4 nitrogen and oxygen atoms in total. The van der Waals surface area contributed by atoms with Crippen LogP contribution < -0.4 is 10.9 Å². The molecule has 3 unspecified atom stereocenters. The van der Waals surface area contributed by atoms with E-state index in [1.54, 1.807) is 0 Å². The predicted octanol–water partition coefficient (Wildman–Crippen LogP) is 1.38. The van der Waals surface area contributed by atoms with Crippen molar-refractivity contribution < 1.29 is 18.7 Å². The van der Waals surface area contributed by atoms with Crippen LogP contribution in [0.3, 0.4) is 0 Å². The van der Waals surface area contributed by atoms with E-state index in [9.17, 15) is 13.6 Å². The van der Waals surface area contributed by atoms with E-state index < -0.39 is 35.1 Å². The number of hydrazine groups is 1. The van der Waals surface area contributed by atoms with E-state index in [1.165, 1.54) is 6.07 Å². The Morgan fingerprint density at radius 1 is 1.29 bits per heavy atom. The molecule has 0 aromatic heterocycles. The molecule has 1 aliphatic rings. The molecule has 3 atom stereocenters. The number of hydrogen-bond acceptors (Lipinski definition) is 3. The van der Waals surface area contributed by atoms with Crippen LogP contribution in [0.4, 0.5) is 8.78 Å². The highest BCUT2D eigenvalue weighted by atomic mass is 35.5. The van der Waals surface area contributed by atoms with Crippen molar-refractivity contribution in [1.29, 1.82) is 0 Å². The van der Waals surface area contributed by atoms with Crippen LogP contribution in [0.1, 0.15) is 11.6 Å². The smallest absolute Gasteiger partial charge is 0.311 e. The number of nitrogens with one attached hydrogen (secondary N) is 2. The van der Waals surface area contributed by atoms with Crippen LogP contribution in [0.15, 0.2) is 18.2 Å². The maximum absolute atomic E-state index is 13.1. The van der Waals surface area contributed by atoms with Crippen LogP contribution in [0.25, 0.3) is 0 Å². The number of halogens is 3. The molecule has 1 aliphatic heterocycles. The lowest BCUT2D eigenvalue weighted by Gasteiger charge is -2.16. The van der Waals surface area contributed by atoms with E-state index in [4.69, 9.17) is 16.7 Å². The molecule has 1 aromatic carbocycles. The van der Waals surface area contributed by atoms with E-state index in [2.05, 4.69) is 10.9 Å². The molecule has 1 fully saturated rings. The van der Waals surface area contributed by atoms with E-state index >= 15 is 0 Å². The number of aliphatic carboxylic acids is 1. The molecule has 2 rings (SSSR count). The van der Waals surface area contributed by atoms with Crippen molar-refractivity contribution in [2.45, 2.75) is 11.5 Å². The molecular weight excluding hydrogens is 254 g/mol. The van der Waals surface area contributed by atoms with Gasteiger partial charge in [-0.05, 0) is 17.7 Å². The van der Waals surface area contributed by atoms with Gasteiger partial charge in [0.2, 0.25) is 0 Å². The zero-order chi connectivity index (χ0) is 12.6. The summed E-state index contributed by atoms with van der Waals surface area (Å²) in [6, 6.07) is 2.53. The van der Waals surface area contributed by atoms with Crippen LogP contribution in [0, 0.1) is 17.6 Å². The van der Waals surface area contributed by atoms with Crippen molar-refractivity contribution in [1.82, 2.24) is 10.9 Å². The Bertz CT molecular complexity index is 458. The molecule has 0 aliphatic carbocycles. The minimum Gasteiger partial charge on any atom is -0.481 e. The molecule has 0 amide bonds. The lowest BCUT2D eigenvalue weighted by molar-refractivity contribution is -0.141. The first kappa shape index (κ1) is 12.2. The topological polar surface area (TPSA) is 61.4 Å². The highest BCUT2D eigenvalue weighted by molar-refractivity contribution is 6.21. The summed E-state index contributed by atoms with van der Waals surface area (Å²) < 4.78 is 25.8. The Hall–Kier alpha value is -1.24. The molecule has 0 radical (unpaired) electrons. The van der Waals surface area contributed by atoms with Crippen molar-refractivity contribution in [3.8, 4) is 0 Å². The van der Waals surface area contributed by atoms with Crippen LogP contribution in [0.5, 0.6) is 0 Å². The fourth-order valence-corrected chi connectivity index (χ4v) is 2.10. The van der Waals surface area contributed by atoms with Gasteiger partial charge in [0.15, 0.2) is 11.6 Å². The van der Waals surface area contributed by atoms with Crippen molar-refractivity contribution in [3.63, 3.8) is 0 Å². The first-order chi connectivity index (χ1) is 8.00. The number of carboxylic acid groups (broad SMARTS) is 1. The third kappa shape index (κ3) is 2.24. The van der Waals surface area contributed by atoms with Gasteiger partial charge in [-0.1, -0.05) is 6.07 Å². The van der Waals surface area contributed by atoms with Gasteiger partial charge in [-0.2, -0.15) is 0 Å². The van der Waals surface area contributed by atoms with Crippen molar-refractivity contribution in [2.75, 3.05) is 0 Å². The second-order valence-corrected chi connectivity index (χ2v) is 4.18. The molecule has 7 heteroatoms. The average Bonchev–Trinajstić information content (AvgIpc) is 2.64. The first-order valence-electron chi connectivity index (χ1n) is 4.83. The Labute approximate surface area is 101 Å². The Morgan fingerprint density at radius 3 is 2.59 bits per heavy atom. The van der Waals surface area contributed by atoms with E-state index in [0.717, 1.165) is 12.1 Å². The molecule has 1 aromatic rings. The van der Waals surface area contributed by atoms with Gasteiger partial charge in [-0.3, -0.25) is 4.79 Å². The van der Waals surface area contributed by atoms with E-state index in [0.29, 0.717) is 5.56 Å². The van der Waals surface area contributed by atoms with Crippen LogP contribution in [-0.2, 0) is 4.79 Å². The van der Waals surface area contributed by atoms with E-state index in [-0.39, 0.29) is 0 Å². The van der Waals surface area contributed by atoms with Crippen LogP contribution in [0.2, 0.25) is 0 Å². The lowest BCUT2D eigenvalue weighted by Crippen LogP contribution is -2.28. The summed E-state index contributed by atoms with van der Waals surface area (Å²) in [6.45, 7) is 0. The fraction of sp³-hybridized carbons (Fsp3) is 0.300. The summed E-state index contributed by atoms with van der Waals surface area (Å²) in [5.74, 6) is -4.07. The molecule has 3 N–H and O–H groups in total. The Balaban J connectivity index is 2.32. The fourth-order valence-electron chi connectivity index (χ4n) is 1.78. The monoisotopic (exact) mass is 262 g/mol. The number of hydrogen-bond donors (Lipinski definition) is 3. The summed E-state index contributed by atoms with van der Waals surface area (Å²) in [7, 11) is 0. The molecule has 0 bridgehead atoms. The lowest BCUT2D eigenvalue weighted by atomic mass is 9.95. The summed E-state index contributed by atoms with van der Waals surface area (Å²) >= 11 is 5.77. The maximum atomic E-state index is 13.1. The average molecular weight is 263 g/mol.